The highest BCUT2D eigenvalue weighted by Crippen LogP contribution is 2.09. The largest absolute Gasteiger partial charge is 0.313 e. The van der Waals surface area contributed by atoms with Crippen molar-refractivity contribution >= 4 is 11.8 Å². The topological polar surface area (TPSA) is 35.8 Å². The molecule has 0 saturated carbocycles. The first kappa shape index (κ1) is 14.0. The average molecular weight is 252 g/mol. The molecule has 0 saturated heterocycles. The van der Waals surface area contributed by atoms with Crippen molar-refractivity contribution in [3.05, 3.63) is 35.1 Å². The van der Waals surface area contributed by atoms with Crippen molar-refractivity contribution in [2.45, 2.75) is 19.4 Å². The van der Waals surface area contributed by atoms with E-state index < -0.39 is 5.82 Å². The molecule has 0 aliphatic carbocycles. The summed E-state index contributed by atoms with van der Waals surface area (Å²) in [7, 11) is 0. The minimum absolute atomic E-state index is 0.117. The van der Waals surface area contributed by atoms with E-state index in [1.165, 1.54) is 18.2 Å². The van der Waals surface area contributed by atoms with Gasteiger partial charge in [-0.2, -0.15) is 17.0 Å². The van der Waals surface area contributed by atoms with Crippen molar-refractivity contribution in [3.8, 4) is 6.07 Å². The lowest BCUT2D eigenvalue weighted by atomic mass is 10.1. The van der Waals surface area contributed by atoms with Gasteiger partial charge < -0.3 is 5.32 Å². The number of thioether (sulfide) groups is 1. The standard InChI is InChI=1S/C13H17FN2S/c1-17-7-3-2-6-16-10-11-4-5-13(14)12(8-11)9-15/h4-5,8,16H,2-3,6-7,10H2,1H3. The van der Waals surface area contributed by atoms with E-state index in [4.69, 9.17) is 5.26 Å². The highest BCUT2D eigenvalue weighted by atomic mass is 32.2. The van der Waals surface area contributed by atoms with Gasteiger partial charge in [0.05, 0.1) is 5.56 Å². The molecule has 1 N–H and O–H groups in total. The number of nitrogens with zero attached hydrogens (tertiary/aromatic N) is 1. The van der Waals surface area contributed by atoms with Gasteiger partial charge in [-0.15, -0.1) is 0 Å². The zero-order valence-corrected chi connectivity index (χ0v) is 10.8. The molecule has 0 radical (unpaired) electrons. The first-order chi connectivity index (χ1) is 8.27. The van der Waals surface area contributed by atoms with Crippen molar-refractivity contribution in [2.24, 2.45) is 0 Å². The molecule has 0 aliphatic heterocycles. The molecule has 0 unspecified atom stereocenters. The summed E-state index contributed by atoms with van der Waals surface area (Å²) in [4.78, 5) is 0. The average Bonchev–Trinajstić information content (AvgIpc) is 2.35. The molecule has 1 aromatic carbocycles. The van der Waals surface area contributed by atoms with Crippen molar-refractivity contribution in [3.63, 3.8) is 0 Å². The van der Waals surface area contributed by atoms with Crippen molar-refractivity contribution in [1.82, 2.24) is 5.32 Å². The third-order valence-electron chi connectivity index (χ3n) is 2.43. The van der Waals surface area contributed by atoms with E-state index in [0.717, 1.165) is 18.5 Å². The number of benzene rings is 1. The second-order valence-corrected chi connectivity index (χ2v) is 4.79. The van der Waals surface area contributed by atoms with Gasteiger partial charge in [-0.25, -0.2) is 4.39 Å². The van der Waals surface area contributed by atoms with E-state index in [1.807, 2.05) is 17.8 Å². The smallest absolute Gasteiger partial charge is 0.140 e. The van der Waals surface area contributed by atoms with E-state index >= 15 is 0 Å². The quantitative estimate of drug-likeness (QED) is 0.758. The predicted molar refractivity (Wildman–Crippen MR) is 70.4 cm³/mol. The molecular formula is C13H17FN2S. The summed E-state index contributed by atoms with van der Waals surface area (Å²) in [6.45, 7) is 1.65. The molecule has 0 aliphatic rings. The van der Waals surface area contributed by atoms with Crippen LogP contribution in [0.3, 0.4) is 0 Å². The Bertz CT molecular complexity index is 387. The molecule has 0 bridgehead atoms. The van der Waals surface area contributed by atoms with Gasteiger partial charge in [0, 0.05) is 6.54 Å². The van der Waals surface area contributed by atoms with Gasteiger partial charge >= 0.3 is 0 Å². The van der Waals surface area contributed by atoms with E-state index in [9.17, 15) is 4.39 Å². The molecule has 2 nitrogen and oxygen atoms in total. The molecule has 0 spiro atoms. The Labute approximate surface area is 106 Å². The van der Waals surface area contributed by atoms with Crippen LogP contribution >= 0.6 is 11.8 Å². The zero-order chi connectivity index (χ0) is 12.5. The fourth-order valence-electron chi connectivity index (χ4n) is 1.50. The molecule has 92 valence electrons. The first-order valence-electron chi connectivity index (χ1n) is 5.66. The van der Waals surface area contributed by atoms with Crippen LogP contribution in [0.2, 0.25) is 0 Å². The summed E-state index contributed by atoms with van der Waals surface area (Å²) >= 11 is 1.86. The molecule has 0 aromatic heterocycles. The normalized spacial score (nSPS) is 10.2. The van der Waals surface area contributed by atoms with Gasteiger partial charge in [0.15, 0.2) is 0 Å². The van der Waals surface area contributed by atoms with Crippen LogP contribution in [-0.4, -0.2) is 18.6 Å². The van der Waals surface area contributed by atoms with Gasteiger partial charge in [-0.3, -0.25) is 0 Å². The van der Waals surface area contributed by atoms with Crippen molar-refractivity contribution < 1.29 is 4.39 Å². The summed E-state index contributed by atoms with van der Waals surface area (Å²) in [6, 6.07) is 6.51. The fourth-order valence-corrected chi connectivity index (χ4v) is 1.99. The predicted octanol–water partition coefficient (Wildman–Crippen LogP) is 2.93. The van der Waals surface area contributed by atoms with Crippen LogP contribution in [-0.2, 0) is 6.54 Å². The second kappa shape index (κ2) is 8.10. The molecule has 0 heterocycles. The molecule has 0 atom stereocenters. The van der Waals surface area contributed by atoms with Crippen LogP contribution in [0, 0.1) is 17.1 Å². The maximum Gasteiger partial charge on any atom is 0.140 e. The number of hydrogen-bond acceptors (Lipinski definition) is 3. The summed E-state index contributed by atoms with van der Waals surface area (Å²) in [5.74, 6) is 0.743. The van der Waals surface area contributed by atoms with E-state index in [0.29, 0.717) is 6.54 Å². The maximum absolute atomic E-state index is 13.1. The monoisotopic (exact) mass is 252 g/mol. The Morgan fingerprint density at radius 1 is 1.41 bits per heavy atom. The maximum atomic E-state index is 13.1. The number of rotatable bonds is 7. The molecule has 1 aromatic rings. The lowest BCUT2D eigenvalue weighted by Crippen LogP contribution is -2.15. The Balaban J connectivity index is 2.30. The van der Waals surface area contributed by atoms with Crippen LogP contribution < -0.4 is 5.32 Å². The van der Waals surface area contributed by atoms with Crippen molar-refractivity contribution in [2.75, 3.05) is 18.6 Å². The van der Waals surface area contributed by atoms with Gasteiger partial charge in [0.25, 0.3) is 0 Å². The van der Waals surface area contributed by atoms with Gasteiger partial charge in [0.2, 0.25) is 0 Å². The Morgan fingerprint density at radius 3 is 2.94 bits per heavy atom. The van der Waals surface area contributed by atoms with Crippen LogP contribution in [0.5, 0.6) is 0 Å². The Morgan fingerprint density at radius 2 is 2.24 bits per heavy atom. The summed E-state index contributed by atoms with van der Waals surface area (Å²) in [6.07, 6.45) is 4.46. The van der Waals surface area contributed by atoms with Gasteiger partial charge in [0.1, 0.15) is 11.9 Å². The Kier molecular flexibility index (Phi) is 6.68. The summed E-state index contributed by atoms with van der Waals surface area (Å²) < 4.78 is 13.1. The number of hydrogen-bond donors (Lipinski definition) is 1. The fraction of sp³-hybridized carbons (Fsp3) is 0.462. The van der Waals surface area contributed by atoms with Gasteiger partial charge in [-0.05, 0) is 49.1 Å². The van der Waals surface area contributed by atoms with E-state index in [1.54, 1.807) is 12.1 Å². The molecule has 17 heavy (non-hydrogen) atoms. The number of nitrogens with one attached hydrogen (secondary N) is 1. The number of nitriles is 1. The first-order valence-corrected chi connectivity index (χ1v) is 7.05. The number of halogens is 1. The second-order valence-electron chi connectivity index (χ2n) is 3.80. The summed E-state index contributed by atoms with van der Waals surface area (Å²) in [5.41, 5.74) is 1.07. The Hall–Kier alpha value is -1.05. The highest BCUT2D eigenvalue weighted by molar-refractivity contribution is 7.98. The van der Waals surface area contributed by atoms with Crippen molar-refractivity contribution in [1.29, 1.82) is 5.26 Å². The van der Waals surface area contributed by atoms with E-state index in [2.05, 4.69) is 11.6 Å². The zero-order valence-electron chi connectivity index (χ0n) is 10.0. The highest BCUT2D eigenvalue weighted by Gasteiger charge is 2.01. The minimum atomic E-state index is -0.448. The lowest BCUT2D eigenvalue weighted by Gasteiger charge is -2.05. The molecular weight excluding hydrogens is 235 g/mol. The van der Waals surface area contributed by atoms with Crippen LogP contribution in [0.25, 0.3) is 0 Å². The molecule has 0 amide bonds. The molecule has 1 rings (SSSR count). The summed E-state index contributed by atoms with van der Waals surface area (Å²) in [5, 5.41) is 12.0. The minimum Gasteiger partial charge on any atom is -0.313 e. The van der Waals surface area contributed by atoms with Crippen LogP contribution in [0.15, 0.2) is 18.2 Å². The third kappa shape index (κ3) is 5.20. The van der Waals surface area contributed by atoms with Crippen LogP contribution in [0.1, 0.15) is 24.0 Å². The van der Waals surface area contributed by atoms with Gasteiger partial charge in [-0.1, -0.05) is 6.07 Å². The lowest BCUT2D eigenvalue weighted by molar-refractivity contribution is 0.618. The molecule has 0 fully saturated rings. The van der Waals surface area contributed by atoms with E-state index in [-0.39, 0.29) is 5.56 Å². The SMILES string of the molecule is CSCCCCNCc1ccc(F)c(C#N)c1. The molecule has 4 heteroatoms. The number of unbranched alkanes of at least 4 members (excludes halogenated alkanes) is 1. The third-order valence-corrected chi connectivity index (χ3v) is 3.13. The van der Waals surface area contributed by atoms with Crippen LogP contribution in [0.4, 0.5) is 4.39 Å².